The largest absolute Gasteiger partial charge is 0.460 e. The van der Waals surface area contributed by atoms with E-state index in [1.807, 2.05) is 0 Å². The summed E-state index contributed by atoms with van der Waals surface area (Å²) in [5, 5.41) is 2.48. The van der Waals surface area contributed by atoms with Crippen LogP contribution in [0.4, 0.5) is 0 Å². The maximum absolute atomic E-state index is 11.1. The average molecular weight is 239 g/mol. The zero-order chi connectivity index (χ0) is 11.2. The molecule has 0 aromatic carbocycles. The van der Waals surface area contributed by atoms with Crippen molar-refractivity contribution in [3.63, 3.8) is 0 Å². The highest BCUT2D eigenvalue weighted by atomic mass is 35.5. The van der Waals surface area contributed by atoms with Gasteiger partial charge in [-0.3, -0.25) is 9.59 Å². The average Bonchev–Trinajstić information content (AvgIpc) is 2.00. The van der Waals surface area contributed by atoms with Crippen molar-refractivity contribution in [1.29, 1.82) is 0 Å². The number of hydrogen-bond donors (Lipinski definition) is 2. The molecule has 0 heterocycles. The van der Waals surface area contributed by atoms with Gasteiger partial charge in [-0.05, 0) is 20.8 Å². The van der Waals surface area contributed by atoms with Crippen LogP contribution >= 0.6 is 12.4 Å². The molecule has 6 heteroatoms. The van der Waals surface area contributed by atoms with Gasteiger partial charge in [0, 0.05) is 6.54 Å². The Bertz CT molecular complexity index is 214. The Labute approximate surface area is 96.1 Å². The van der Waals surface area contributed by atoms with Gasteiger partial charge in [0.2, 0.25) is 5.91 Å². The maximum Gasteiger partial charge on any atom is 0.308 e. The first-order chi connectivity index (χ1) is 6.35. The van der Waals surface area contributed by atoms with Crippen LogP contribution in [-0.2, 0) is 14.3 Å². The van der Waals surface area contributed by atoms with Gasteiger partial charge < -0.3 is 15.8 Å². The summed E-state index contributed by atoms with van der Waals surface area (Å²) in [7, 11) is 0. The molecule has 0 aliphatic carbocycles. The Morgan fingerprint density at radius 3 is 2.27 bits per heavy atom. The van der Waals surface area contributed by atoms with E-state index in [2.05, 4.69) is 5.32 Å². The van der Waals surface area contributed by atoms with Crippen LogP contribution in [0.5, 0.6) is 0 Å². The maximum atomic E-state index is 11.1. The van der Waals surface area contributed by atoms with Gasteiger partial charge in [0.15, 0.2) is 0 Å². The zero-order valence-corrected chi connectivity index (χ0v) is 10.1. The standard InChI is InChI=1S/C9H18N2O3.ClH/c1-9(2,3)14-8(13)4-5-11-7(12)6-10;/h4-6,10H2,1-3H3,(H,11,12);1H. The normalized spacial score (nSPS) is 10.1. The van der Waals surface area contributed by atoms with Crippen LogP contribution in [0.2, 0.25) is 0 Å². The van der Waals surface area contributed by atoms with Gasteiger partial charge in [-0.1, -0.05) is 0 Å². The van der Waals surface area contributed by atoms with Crippen LogP contribution in [-0.4, -0.2) is 30.6 Å². The lowest BCUT2D eigenvalue weighted by atomic mass is 10.2. The fraction of sp³-hybridized carbons (Fsp3) is 0.778. The lowest BCUT2D eigenvalue weighted by Crippen LogP contribution is -2.33. The van der Waals surface area contributed by atoms with Crippen molar-refractivity contribution in [2.45, 2.75) is 32.8 Å². The van der Waals surface area contributed by atoms with Crippen molar-refractivity contribution in [2.24, 2.45) is 5.73 Å². The van der Waals surface area contributed by atoms with Crippen LogP contribution in [0.1, 0.15) is 27.2 Å². The Kier molecular flexibility index (Phi) is 8.28. The molecular formula is C9H19ClN2O3. The first-order valence-electron chi connectivity index (χ1n) is 4.54. The number of hydrogen-bond acceptors (Lipinski definition) is 4. The highest BCUT2D eigenvalue weighted by Crippen LogP contribution is 2.07. The van der Waals surface area contributed by atoms with E-state index in [1.54, 1.807) is 20.8 Å². The topological polar surface area (TPSA) is 81.4 Å². The summed E-state index contributed by atoms with van der Waals surface area (Å²) in [4.78, 5) is 21.8. The molecule has 0 aliphatic heterocycles. The predicted molar refractivity (Wildman–Crippen MR) is 59.8 cm³/mol. The lowest BCUT2D eigenvalue weighted by molar-refractivity contribution is -0.154. The summed E-state index contributed by atoms with van der Waals surface area (Å²) in [5.41, 5.74) is 4.59. The molecule has 0 saturated heterocycles. The second-order valence-corrected chi connectivity index (χ2v) is 3.89. The second-order valence-electron chi connectivity index (χ2n) is 3.89. The molecule has 0 bridgehead atoms. The summed E-state index contributed by atoms with van der Waals surface area (Å²) in [5.74, 6) is -0.594. The molecule has 0 saturated carbocycles. The predicted octanol–water partition coefficient (Wildman–Crippen LogP) is 0.215. The zero-order valence-electron chi connectivity index (χ0n) is 9.33. The number of esters is 1. The molecule has 0 fully saturated rings. The molecule has 5 nitrogen and oxygen atoms in total. The molecule has 15 heavy (non-hydrogen) atoms. The third kappa shape index (κ3) is 11.1. The van der Waals surface area contributed by atoms with Crippen LogP contribution in [0.3, 0.4) is 0 Å². The van der Waals surface area contributed by atoms with Gasteiger partial charge in [-0.15, -0.1) is 12.4 Å². The second kappa shape index (κ2) is 7.48. The molecule has 0 rings (SSSR count). The van der Waals surface area contributed by atoms with E-state index in [4.69, 9.17) is 10.5 Å². The van der Waals surface area contributed by atoms with Gasteiger partial charge in [-0.25, -0.2) is 0 Å². The van der Waals surface area contributed by atoms with E-state index in [-0.39, 0.29) is 43.8 Å². The molecule has 0 atom stereocenters. The van der Waals surface area contributed by atoms with Crippen LogP contribution < -0.4 is 11.1 Å². The van der Waals surface area contributed by atoms with E-state index in [1.165, 1.54) is 0 Å². The Hall–Kier alpha value is -0.810. The fourth-order valence-electron chi connectivity index (χ4n) is 0.769. The Balaban J connectivity index is 0. The van der Waals surface area contributed by atoms with Gasteiger partial charge in [0.25, 0.3) is 0 Å². The Morgan fingerprint density at radius 2 is 1.87 bits per heavy atom. The van der Waals surface area contributed by atoms with Crippen LogP contribution in [0.25, 0.3) is 0 Å². The number of ether oxygens (including phenoxy) is 1. The van der Waals surface area contributed by atoms with Crippen LogP contribution in [0, 0.1) is 0 Å². The molecule has 0 aromatic rings. The van der Waals surface area contributed by atoms with Gasteiger partial charge in [0.05, 0.1) is 13.0 Å². The van der Waals surface area contributed by atoms with Gasteiger partial charge in [-0.2, -0.15) is 0 Å². The van der Waals surface area contributed by atoms with E-state index in [0.717, 1.165) is 0 Å². The third-order valence-corrected chi connectivity index (χ3v) is 1.26. The summed E-state index contributed by atoms with van der Waals surface area (Å²) in [6, 6.07) is 0. The number of amides is 1. The number of carbonyl (C=O) groups excluding carboxylic acids is 2. The van der Waals surface area contributed by atoms with Crippen molar-refractivity contribution in [2.75, 3.05) is 13.1 Å². The quantitative estimate of drug-likeness (QED) is 0.687. The van der Waals surface area contributed by atoms with Crippen molar-refractivity contribution in [3.05, 3.63) is 0 Å². The minimum Gasteiger partial charge on any atom is -0.460 e. The van der Waals surface area contributed by atoms with E-state index in [9.17, 15) is 9.59 Å². The number of nitrogens with one attached hydrogen (secondary N) is 1. The van der Waals surface area contributed by atoms with E-state index < -0.39 is 5.60 Å². The summed E-state index contributed by atoms with van der Waals surface area (Å²) in [6.45, 7) is 5.59. The molecule has 1 amide bonds. The lowest BCUT2D eigenvalue weighted by Gasteiger charge is -2.19. The SMILES string of the molecule is CC(C)(C)OC(=O)CCNC(=O)CN.Cl. The molecule has 90 valence electrons. The highest BCUT2D eigenvalue weighted by molar-refractivity contribution is 5.85. The first kappa shape index (κ1) is 16.6. The molecular weight excluding hydrogens is 220 g/mol. The number of halogens is 1. The highest BCUT2D eigenvalue weighted by Gasteiger charge is 2.15. The summed E-state index contributed by atoms with van der Waals surface area (Å²) in [6.07, 6.45) is 0.170. The van der Waals surface area contributed by atoms with Crippen molar-refractivity contribution < 1.29 is 14.3 Å². The number of rotatable bonds is 4. The fourth-order valence-corrected chi connectivity index (χ4v) is 0.769. The first-order valence-corrected chi connectivity index (χ1v) is 4.54. The van der Waals surface area contributed by atoms with Crippen molar-refractivity contribution in [3.8, 4) is 0 Å². The summed E-state index contributed by atoms with van der Waals surface area (Å²) < 4.78 is 5.03. The number of nitrogens with two attached hydrogens (primary N) is 1. The van der Waals surface area contributed by atoms with E-state index in [0.29, 0.717) is 0 Å². The van der Waals surface area contributed by atoms with E-state index >= 15 is 0 Å². The smallest absolute Gasteiger partial charge is 0.308 e. The van der Waals surface area contributed by atoms with Crippen molar-refractivity contribution in [1.82, 2.24) is 5.32 Å². The van der Waals surface area contributed by atoms with Gasteiger partial charge in [0.1, 0.15) is 5.60 Å². The molecule has 0 unspecified atom stereocenters. The molecule has 0 aliphatic rings. The Morgan fingerprint density at radius 1 is 1.33 bits per heavy atom. The third-order valence-electron chi connectivity index (χ3n) is 1.26. The molecule has 3 N–H and O–H groups in total. The van der Waals surface area contributed by atoms with Crippen molar-refractivity contribution >= 4 is 24.3 Å². The molecule has 0 spiro atoms. The minimum absolute atomic E-state index is 0. The summed E-state index contributed by atoms with van der Waals surface area (Å²) >= 11 is 0. The molecule has 0 aromatic heterocycles. The minimum atomic E-state index is -0.477. The van der Waals surface area contributed by atoms with Gasteiger partial charge >= 0.3 is 5.97 Å². The number of carbonyl (C=O) groups is 2. The molecule has 0 radical (unpaired) electrons. The van der Waals surface area contributed by atoms with Crippen LogP contribution in [0.15, 0.2) is 0 Å². The monoisotopic (exact) mass is 238 g/mol.